The van der Waals surface area contributed by atoms with Gasteiger partial charge in [-0.25, -0.2) is 4.79 Å². The number of likely N-dealkylation sites (N-methyl/N-ethyl adjacent to an activating group) is 1. The van der Waals surface area contributed by atoms with Crippen LogP contribution < -0.4 is 0 Å². The van der Waals surface area contributed by atoms with E-state index in [0.29, 0.717) is 25.1 Å². The van der Waals surface area contributed by atoms with Gasteiger partial charge in [-0.3, -0.25) is 4.79 Å². The number of hydrogen-bond acceptors (Lipinski definition) is 4. The first-order valence-corrected chi connectivity index (χ1v) is 8.61. The van der Waals surface area contributed by atoms with Crippen LogP contribution in [-0.2, 0) is 13.0 Å². The summed E-state index contributed by atoms with van der Waals surface area (Å²) < 4.78 is 0. The summed E-state index contributed by atoms with van der Waals surface area (Å²) in [5.74, 6) is 0.0269. The molecule has 2 aliphatic rings. The number of hydrogen-bond donors (Lipinski definition) is 1. The van der Waals surface area contributed by atoms with E-state index in [9.17, 15) is 14.7 Å². The van der Waals surface area contributed by atoms with E-state index in [2.05, 4.69) is 11.9 Å². The summed E-state index contributed by atoms with van der Waals surface area (Å²) in [6.07, 6.45) is 3.23. The number of rotatable bonds is 1. The van der Waals surface area contributed by atoms with Gasteiger partial charge in [0.05, 0.1) is 5.56 Å². The van der Waals surface area contributed by atoms with E-state index in [0.717, 1.165) is 56.4 Å². The fraction of sp³-hybridized carbons (Fsp3) is 0.556. The van der Waals surface area contributed by atoms with E-state index in [-0.39, 0.29) is 11.8 Å². The molecule has 0 spiro atoms. The van der Waals surface area contributed by atoms with Crippen molar-refractivity contribution in [2.24, 2.45) is 0 Å². The van der Waals surface area contributed by atoms with Gasteiger partial charge < -0.3 is 19.8 Å². The largest absolute Gasteiger partial charge is 0.507 e. The Morgan fingerprint density at radius 2 is 1.88 bits per heavy atom. The highest BCUT2D eigenvalue weighted by Gasteiger charge is 2.26. The van der Waals surface area contributed by atoms with Crippen molar-refractivity contribution < 1.29 is 14.7 Å². The number of aldehydes is 1. The van der Waals surface area contributed by atoms with Crippen LogP contribution in [0.15, 0.2) is 12.1 Å². The molecular weight excluding hydrogens is 306 g/mol. The topological polar surface area (TPSA) is 64.1 Å². The first kappa shape index (κ1) is 16.8. The summed E-state index contributed by atoms with van der Waals surface area (Å²) in [5.41, 5.74) is 2.22. The lowest BCUT2D eigenvalue weighted by atomic mass is 9.98. The fourth-order valence-electron chi connectivity index (χ4n) is 3.60. The number of carbonyl (C=O) groups excluding carboxylic acids is 2. The van der Waals surface area contributed by atoms with Crippen LogP contribution in [0, 0.1) is 0 Å². The van der Waals surface area contributed by atoms with Gasteiger partial charge in [0.15, 0.2) is 6.29 Å². The number of carbonyl (C=O) groups is 2. The van der Waals surface area contributed by atoms with Crippen LogP contribution in [0.2, 0.25) is 0 Å². The molecule has 0 unspecified atom stereocenters. The van der Waals surface area contributed by atoms with Crippen molar-refractivity contribution in [1.82, 2.24) is 14.7 Å². The standard InChI is InChI=1S/C18H25N3O3/c1-19-7-3-9-20(11-10-19)18(24)21-8-2-4-15-14(12-21)5-6-17(23)16(15)13-22/h5-6,13,23H,2-4,7-12H2,1H3. The zero-order chi connectivity index (χ0) is 17.1. The van der Waals surface area contributed by atoms with Gasteiger partial charge in [-0.2, -0.15) is 0 Å². The molecule has 3 rings (SSSR count). The number of phenols is 1. The van der Waals surface area contributed by atoms with Gasteiger partial charge in [-0.1, -0.05) is 6.07 Å². The van der Waals surface area contributed by atoms with Gasteiger partial charge in [0.1, 0.15) is 5.75 Å². The Labute approximate surface area is 142 Å². The van der Waals surface area contributed by atoms with Crippen molar-refractivity contribution in [3.05, 3.63) is 28.8 Å². The molecule has 0 aliphatic carbocycles. The van der Waals surface area contributed by atoms with Crippen LogP contribution in [0.4, 0.5) is 4.79 Å². The maximum atomic E-state index is 12.9. The molecule has 0 radical (unpaired) electrons. The number of aromatic hydroxyl groups is 1. The first-order chi connectivity index (χ1) is 11.6. The molecule has 0 bridgehead atoms. The molecular formula is C18H25N3O3. The zero-order valence-electron chi connectivity index (χ0n) is 14.2. The summed E-state index contributed by atoms with van der Waals surface area (Å²) in [6.45, 7) is 4.66. The highest BCUT2D eigenvalue weighted by molar-refractivity contribution is 5.82. The Hall–Kier alpha value is -2.08. The Morgan fingerprint density at radius 3 is 2.67 bits per heavy atom. The average molecular weight is 331 g/mol. The minimum atomic E-state index is 0.0269. The smallest absolute Gasteiger partial charge is 0.320 e. The summed E-state index contributed by atoms with van der Waals surface area (Å²) in [5, 5.41) is 9.87. The monoisotopic (exact) mass is 331 g/mol. The van der Waals surface area contributed by atoms with Gasteiger partial charge in [-0.15, -0.1) is 0 Å². The highest BCUT2D eigenvalue weighted by atomic mass is 16.3. The van der Waals surface area contributed by atoms with Crippen LogP contribution >= 0.6 is 0 Å². The van der Waals surface area contributed by atoms with Gasteiger partial charge in [0, 0.05) is 32.7 Å². The van der Waals surface area contributed by atoms with E-state index in [4.69, 9.17) is 0 Å². The minimum absolute atomic E-state index is 0.0269. The molecule has 130 valence electrons. The number of phenolic OH excluding ortho intramolecular Hbond substituents is 1. The molecule has 2 amide bonds. The third-order valence-corrected chi connectivity index (χ3v) is 5.03. The summed E-state index contributed by atoms with van der Waals surface area (Å²) in [4.78, 5) is 30.3. The Balaban J connectivity index is 1.78. The van der Waals surface area contributed by atoms with Gasteiger partial charge in [0.2, 0.25) is 0 Å². The average Bonchev–Trinajstić information content (AvgIpc) is 2.92. The predicted molar refractivity (Wildman–Crippen MR) is 91.3 cm³/mol. The van der Waals surface area contributed by atoms with E-state index in [1.54, 1.807) is 6.07 Å². The van der Waals surface area contributed by atoms with Crippen molar-refractivity contribution in [3.63, 3.8) is 0 Å². The maximum absolute atomic E-state index is 12.9. The number of fused-ring (bicyclic) bond motifs is 1. The normalized spacial score (nSPS) is 19.4. The lowest BCUT2D eigenvalue weighted by Crippen LogP contribution is -2.44. The number of nitrogens with zero attached hydrogens (tertiary/aromatic N) is 3. The van der Waals surface area contributed by atoms with Crippen LogP contribution in [0.3, 0.4) is 0 Å². The van der Waals surface area contributed by atoms with E-state index in [1.165, 1.54) is 0 Å². The van der Waals surface area contributed by atoms with Crippen LogP contribution in [-0.4, -0.2) is 71.9 Å². The van der Waals surface area contributed by atoms with E-state index < -0.39 is 0 Å². The Morgan fingerprint density at radius 1 is 1.08 bits per heavy atom. The SMILES string of the molecule is CN1CCCN(C(=O)N2CCCc3c(ccc(O)c3C=O)C2)CC1. The van der Waals surface area contributed by atoms with E-state index >= 15 is 0 Å². The molecule has 6 heteroatoms. The van der Waals surface area contributed by atoms with Crippen molar-refractivity contribution in [3.8, 4) is 5.75 Å². The van der Waals surface area contributed by atoms with Gasteiger partial charge in [0.25, 0.3) is 0 Å². The summed E-state index contributed by atoms with van der Waals surface area (Å²) in [7, 11) is 2.09. The molecule has 1 N–H and O–H groups in total. The van der Waals surface area contributed by atoms with Gasteiger partial charge >= 0.3 is 6.03 Å². The molecule has 2 aliphatic heterocycles. The number of urea groups is 1. The van der Waals surface area contributed by atoms with E-state index in [1.807, 2.05) is 15.9 Å². The molecule has 2 heterocycles. The maximum Gasteiger partial charge on any atom is 0.320 e. The van der Waals surface area contributed by atoms with Crippen LogP contribution in [0.25, 0.3) is 0 Å². The summed E-state index contributed by atoms with van der Waals surface area (Å²) in [6, 6.07) is 3.47. The molecule has 1 aromatic rings. The van der Waals surface area contributed by atoms with Crippen molar-refractivity contribution in [2.75, 3.05) is 39.8 Å². The second kappa shape index (κ2) is 7.21. The van der Waals surface area contributed by atoms with Crippen molar-refractivity contribution in [1.29, 1.82) is 0 Å². The Kier molecular flexibility index (Phi) is 5.04. The second-order valence-electron chi connectivity index (χ2n) is 6.71. The molecule has 0 aromatic heterocycles. The molecule has 1 fully saturated rings. The quantitative estimate of drug-likeness (QED) is 0.796. The third-order valence-electron chi connectivity index (χ3n) is 5.03. The summed E-state index contributed by atoms with van der Waals surface area (Å²) >= 11 is 0. The lowest BCUT2D eigenvalue weighted by molar-refractivity contribution is 0.112. The molecule has 0 atom stereocenters. The number of amides is 2. The first-order valence-electron chi connectivity index (χ1n) is 8.61. The van der Waals surface area contributed by atoms with Crippen molar-refractivity contribution >= 4 is 12.3 Å². The second-order valence-corrected chi connectivity index (χ2v) is 6.71. The van der Waals surface area contributed by atoms with Gasteiger partial charge in [-0.05, 0) is 50.0 Å². The van der Waals surface area contributed by atoms with Crippen LogP contribution in [0.5, 0.6) is 5.75 Å². The minimum Gasteiger partial charge on any atom is -0.507 e. The zero-order valence-corrected chi connectivity index (χ0v) is 14.2. The Bertz CT molecular complexity index is 632. The fourth-order valence-corrected chi connectivity index (χ4v) is 3.60. The molecule has 0 saturated carbocycles. The molecule has 24 heavy (non-hydrogen) atoms. The molecule has 6 nitrogen and oxygen atoms in total. The molecule has 1 saturated heterocycles. The third kappa shape index (κ3) is 3.38. The van der Waals surface area contributed by atoms with Crippen molar-refractivity contribution in [2.45, 2.75) is 25.8 Å². The highest BCUT2D eigenvalue weighted by Crippen LogP contribution is 2.28. The molecule has 1 aromatic carbocycles. The predicted octanol–water partition coefficient (Wildman–Crippen LogP) is 1.71. The van der Waals surface area contributed by atoms with Crippen LogP contribution in [0.1, 0.15) is 34.3 Å². The lowest BCUT2D eigenvalue weighted by Gasteiger charge is -2.29. The number of benzene rings is 1.